The average molecular weight is 519 g/mol. The predicted molar refractivity (Wildman–Crippen MR) is 151 cm³/mol. The molecule has 1 aliphatic rings. The topological polar surface area (TPSA) is 93.7 Å². The van der Waals surface area contributed by atoms with Gasteiger partial charge in [0.15, 0.2) is 0 Å². The molecule has 0 spiro atoms. The first-order valence-corrected chi connectivity index (χ1v) is 13.2. The second-order valence-electron chi connectivity index (χ2n) is 10.2. The molecule has 0 aliphatic carbocycles. The third-order valence-corrected chi connectivity index (χ3v) is 7.47. The average Bonchev–Trinajstić information content (AvgIpc) is 3.57. The number of fused-ring (bicyclic) bond motifs is 2. The largest absolute Gasteiger partial charge is 0.508 e. The minimum atomic E-state index is -0.484. The van der Waals surface area contributed by atoms with E-state index < -0.39 is 5.82 Å². The molecule has 6 aromatic rings. The zero-order valence-electron chi connectivity index (χ0n) is 21.3. The van der Waals surface area contributed by atoms with Crippen molar-refractivity contribution >= 4 is 21.9 Å². The van der Waals surface area contributed by atoms with Gasteiger partial charge in [-0.05, 0) is 85.1 Å². The number of nitrogens with zero attached hydrogens (tertiary/aromatic N) is 4. The third kappa shape index (κ3) is 4.53. The number of piperidine rings is 1. The maximum atomic E-state index is 14.0. The second-order valence-corrected chi connectivity index (χ2v) is 10.2. The van der Waals surface area contributed by atoms with E-state index in [4.69, 9.17) is 4.98 Å². The van der Waals surface area contributed by atoms with Crippen molar-refractivity contribution < 1.29 is 9.50 Å². The highest BCUT2D eigenvalue weighted by Crippen LogP contribution is 2.35. The van der Waals surface area contributed by atoms with Gasteiger partial charge in [0.2, 0.25) is 0 Å². The van der Waals surface area contributed by atoms with Crippen LogP contribution in [0, 0.1) is 5.82 Å². The first-order chi connectivity index (χ1) is 19.1. The summed E-state index contributed by atoms with van der Waals surface area (Å²) in [5, 5.41) is 18.5. The number of aromatic nitrogens is 5. The molecule has 0 amide bonds. The number of hydrogen-bond acceptors (Lipinski definition) is 5. The van der Waals surface area contributed by atoms with Gasteiger partial charge in [-0.25, -0.2) is 9.37 Å². The molecule has 39 heavy (non-hydrogen) atoms. The molecule has 7 nitrogen and oxygen atoms in total. The second kappa shape index (κ2) is 9.63. The van der Waals surface area contributed by atoms with E-state index in [1.807, 2.05) is 48.8 Å². The van der Waals surface area contributed by atoms with Crippen LogP contribution in [-0.2, 0) is 6.54 Å². The molecule has 0 atom stereocenters. The molecule has 194 valence electrons. The summed E-state index contributed by atoms with van der Waals surface area (Å²) in [5.41, 5.74) is 8.39. The van der Waals surface area contributed by atoms with Gasteiger partial charge in [0.05, 0.1) is 16.9 Å². The highest BCUT2D eigenvalue weighted by atomic mass is 19.1. The van der Waals surface area contributed by atoms with Crippen LogP contribution in [0.3, 0.4) is 0 Å². The van der Waals surface area contributed by atoms with Gasteiger partial charge in [0, 0.05) is 41.5 Å². The van der Waals surface area contributed by atoms with Crippen LogP contribution in [0.4, 0.5) is 4.39 Å². The van der Waals surface area contributed by atoms with Crippen LogP contribution in [0.15, 0.2) is 73.1 Å². The Balaban J connectivity index is 1.26. The Bertz CT molecular complexity index is 1800. The zero-order chi connectivity index (χ0) is 26.3. The van der Waals surface area contributed by atoms with Crippen molar-refractivity contribution in [2.75, 3.05) is 13.1 Å². The number of benzene rings is 2. The summed E-state index contributed by atoms with van der Waals surface area (Å²) in [6.07, 6.45) is 7.64. The molecule has 0 saturated carbocycles. The van der Waals surface area contributed by atoms with E-state index in [1.165, 1.54) is 30.9 Å². The van der Waals surface area contributed by atoms with E-state index in [2.05, 4.69) is 31.1 Å². The number of nitrogens with one attached hydrogen (secondary N) is 2. The molecule has 0 unspecified atom stereocenters. The fourth-order valence-corrected chi connectivity index (χ4v) is 5.60. The molecule has 2 aromatic carbocycles. The third-order valence-electron chi connectivity index (χ3n) is 7.47. The number of aromatic amines is 2. The highest BCUT2D eigenvalue weighted by Gasteiger charge is 2.17. The normalized spacial score (nSPS) is 14.4. The lowest BCUT2D eigenvalue weighted by Gasteiger charge is -2.26. The fraction of sp³-hybridized carbons (Fsp3) is 0.194. The minimum absolute atomic E-state index is 0.109. The first kappa shape index (κ1) is 23.5. The minimum Gasteiger partial charge on any atom is -0.508 e. The molecule has 4 aromatic heterocycles. The number of rotatable bonds is 5. The van der Waals surface area contributed by atoms with Crippen molar-refractivity contribution in [1.29, 1.82) is 0 Å². The van der Waals surface area contributed by atoms with E-state index in [0.29, 0.717) is 11.3 Å². The monoisotopic (exact) mass is 518 g/mol. The van der Waals surface area contributed by atoms with Gasteiger partial charge in [-0.15, -0.1) is 0 Å². The molecule has 8 heteroatoms. The summed E-state index contributed by atoms with van der Waals surface area (Å²) in [5.74, 6) is -0.593. The Labute approximate surface area is 224 Å². The van der Waals surface area contributed by atoms with Gasteiger partial charge in [-0.3, -0.25) is 15.0 Å². The number of likely N-dealkylation sites (tertiary alicyclic amines) is 1. The molecule has 7 rings (SSSR count). The van der Waals surface area contributed by atoms with E-state index >= 15 is 0 Å². The number of aromatic hydroxyl groups is 1. The fourth-order valence-electron chi connectivity index (χ4n) is 5.60. The molecule has 5 heterocycles. The summed E-state index contributed by atoms with van der Waals surface area (Å²) in [7, 11) is 0. The summed E-state index contributed by atoms with van der Waals surface area (Å²) in [6, 6.07) is 18.0. The Morgan fingerprint density at radius 2 is 1.79 bits per heavy atom. The van der Waals surface area contributed by atoms with Gasteiger partial charge >= 0.3 is 0 Å². The van der Waals surface area contributed by atoms with Crippen LogP contribution in [-0.4, -0.2) is 48.2 Å². The van der Waals surface area contributed by atoms with Crippen LogP contribution in [0.2, 0.25) is 0 Å². The van der Waals surface area contributed by atoms with E-state index in [1.54, 1.807) is 6.07 Å². The summed E-state index contributed by atoms with van der Waals surface area (Å²) >= 11 is 0. The number of pyridine rings is 2. The molecule has 1 fully saturated rings. The van der Waals surface area contributed by atoms with E-state index in [-0.39, 0.29) is 5.75 Å². The Morgan fingerprint density at radius 1 is 0.897 bits per heavy atom. The number of hydrogen-bond donors (Lipinski definition) is 3. The molecule has 1 saturated heterocycles. The molecule has 3 N–H and O–H groups in total. The maximum Gasteiger partial charge on any atom is 0.135 e. The summed E-state index contributed by atoms with van der Waals surface area (Å²) < 4.78 is 14.0. The van der Waals surface area contributed by atoms with Crippen LogP contribution < -0.4 is 0 Å². The predicted octanol–water partition coefficient (Wildman–Crippen LogP) is 6.67. The molecule has 0 radical (unpaired) electrons. The van der Waals surface area contributed by atoms with Crippen molar-refractivity contribution in [2.45, 2.75) is 25.8 Å². The highest BCUT2D eigenvalue weighted by molar-refractivity contribution is 6.00. The smallest absolute Gasteiger partial charge is 0.135 e. The summed E-state index contributed by atoms with van der Waals surface area (Å²) in [4.78, 5) is 15.4. The van der Waals surface area contributed by atoms with E-state index in [0.717, 1.165) is 70.2 Å². The van der Waals surface area contributed by atoms with Crippen molar-refractivity contribution in [3.05, 3.63) is 84.4 Å². The first-order valence-electron chi connectivity index (χ1n) is 13.2. The van der Waals surface area contributed by atoms with Gasteiger partial charge in [0.1, 0.15) is 22.8 Å². The zero-order valence-corrected chi connectivity index (χ0v) is 21.3. The molecule has 1 aliphatic heterocycles. The van der Waals surface area contributed by atoms with Gasteiger partial charge in [-0.1, -0.05) is 18.6 Å². The Kier molecular flexibility index (Phi) is 5.82. The van der Waals surface area contributed by atoms with E-state index in [9.17, 15) is 9.50 Å². The lowest BCUT2D eigenvalue weighted by Crippen LogP contribution is -2.29. The SMILES string of the molecule is Oc1cc(F)cc(-c2cccc3[nH]c(-c4n[nH]c5ccc(-c6cncc(CN7CCCCC7)c6)nc45)cc23)c1. The van der Waals surface area contributed by atoms with Crippen molar-refractivity contribution in [2.24, 2.45) is 0 Å². The number of phenolic OH excluding ortho intramolecular Hbond substituents is 1. The quantitative estimate of drug-likeness (QED) is 0.237. The van der Waals surface area contributed by atoms with Crippen LogP contribution in [0.5, 0.6) is 5.75 Å². The van der Waals surface area contributed by atoms with Crippen LogP contribution in [0.1, 0.15) is 24.8 Å². The van der Waals surface area contributed by atoms with Gasteiger partial charge in [-0.2, -0.15) is 5.10 Å². The molecule has 0 bridgehead atoms. The van der Waals surface area contributed by atoms with Crippen LogP contribution in [0.25, 0.3) is 55.7 Å². The lowest BCUT2D eigenvalue weighted by atomic mass is 10.0. The Morgan fingerprint density at radius 3 is 2.67 bits per heavy atom. The molecular weight excluding hydrogens is 491 g/mol. The van der Waals surface area contributed by atoms with Crippen molar-refractivity contribution in [3.63, 3.8) is 0 Å². The van der Waals surface area contributed by atoms with Crippen LogP contribution >= 0.6 is 0 Å². The summed E-state index contributed by atoms with van der Waals surface area (Å²) in [6.45, 7) is 3.18. The molecular formula is C31H27FN6O. The standard InChI is InChI=1S/C31H27FN6O/c32-22-12-20(13-23(39)14-22)24-5-4-6-27-25(24)15-29(34-27)31-30-28(36-37-31)8-7-26(35-30)21-11-19(16-33-17-21)18-38-9-2-1-3-10-38/h4-8,11-17,34,39H,1-3,9-10,18H2,(H,36,37). The number of phenols is 1. The van der Waals surface area contributed by atoms with Crippen molar-refractivity contribution in [3.8, 4) is 39.5 Å². The number of halogens is 1. The Hall–Kier alpha value is -4.56. The number of H-pyrrole nitrogens is 2. The lowest BCUT2D eigenvalue weighted by molar-refractivity contribution is 0.220. The van der Waals surface area contributed by atoms with Gasteiger partial charge in [0.25, 0.3) is 0 Å². The van der Waals surface area contributed by atoms with Crippen molar-refractivity contribution in [1.82, 2.24) is 30.0 Å². The maximum absolute atomic E-state index is 14.0. The van der Waals surface area contributed by atoms with Gasteiger partial charge < -0.3 is 10.1 Å².